The van der Waals surface area contributed by atoms with Crippen LogP contribution in [0.15, 0.2) is 24.3 Å². The monoisotopic (exact) mass is 261 g/mol. The van der Waals surface area contributed by atoms with Gasteiger partial charge in [-0.2, -0.15) is 0 Å². The number of nitrogens with zero attached hydrogens (tertiary/aromatic N) is 2. The molecule has 1 unspecified atom stereocenters. The van der Waals surface area contributed by atoms with E-state index in [2.05, 4.69) is 67.4 Å². The van der Waals surface area contributed by atoms with Gasteiger partial charge in [-0.3, -0.25) is 0 Å². The van der Waals surface area contributed by atoms with Crippen molar-refractivity contribution in [3.8, 4) is 0 Å². The molecule has 1 aliphatic rings. The van der Waals surface area contributed by atoms with Crippen LogP contribution in [0.1, 0.15) is 31.4 Å². The van der Waals surface area contributed by atoms with Gasteiger partial charge in [0, 0.05) is 45.0 Å². The lowest BCUT2D eigenvalue weighted by molar-refractivity contribution is 0.316. The molecule has 3 heteroatoms. The van der Waals surface area contributed by atoms with Gasteiger partial charge in [-0.15, -0.1) is 0 Å². The molecule has 0 spiro atoms. The molecule has 0 aliphatic heterocycles. The van der Waals surface area contributed by atoms with E-state index in [1.165, 1.54) is 24.1 Å². The lowest BCUT2D eigenvalue weighted by Crippen LogP contribution is -2.31. The molecule has 1 N–H and O–H groups in total. The molecule has 106 valence electrons. The van der Waals surface area contributed by atoms with Gasteiger partial charge in [0.15, 0.2) is 0 Å². The Bertz CT molecular complexity index is 381. The molecule has 2 rings (SSSR count). The van der Waals surface area contributed by atoms with Crippen molar-refractivity contribution >= 4 is 5.69 Å². The number of hydrogen-bond acceptors (Lipinski definition) is 3. The summed E-state index contributed by atoms with van der Waals surface area (Å²) in [7, 11) is 6.38. The van der Waals surface area contributed by atoms with Gasteiger partial charge >= 0.3 is 0 Å². The second kappa shape index (κ2) is 6.40. The molecule has 1 saturated carbocycles. The van der Waals surface area contributed by atoms with E-state index < -0.39 is 0 Å². The van der Waals surface area contributed by atoms with Crippen molar-refractivity contribution in [3.05, 3.63) is 29.8 Å². The van der Waals surface area contributed by atoms with Crippen LogP contribution in [-0.2, 0) is 0 Å². The summed E-state index contributed by atoms with van der Waals surface area (Å²) >= 11 is 0. The van der Waals surface area contributed by atoms with Crippen LogP contribution in [0.2, 0.25) is 0 Å². The fourth-order valence-electron chi connectivity index (χ4n) is 2.33. The lowest BCUT2D eigenvalue weighted by Gasteiger charge is -2.20. The van der Waals surface area contributed by atoms with E-state index in [1.807, 2.05) is 0 Å². The van der Waals surface area contributed by atoms with Crippen LogP contribution < -0.4 is 10.2 Å². The molecule has 0 radical (unpaired) electrons. The smallest absolute Gasteiger partial charge is 0.0361 e. The van der Waals surface area contributed by atoms with E-state index in [0.29, 0.717) is 6.04 Å². The van der Waals surface area contributed by atoms with Gasteiger partial charge in [0.2, 0.25) is 0 Å². The van der Waals surface area contributed by atoms with Crippen molar-refractivity contribution in [2.75, 3.05) is 39.1 Å². The van der Waals surface area contributed by atoms with Crippen LogP contribution in [0.3, 0.4) is 0 Å². The zero-order valence-electron chi connectivity index (χ0n) is 12.7. The average molecular weight is 261 g/mol. The average Bonchev–Trinajstić information content (AvgIpc) is 3.23. The summed E-state index contributed by atoms with van der Waals surface area (Å²) < 4.78 is 0. The van der Waals surface area contributed by atoms with Crippen molar-refractivity contribution in [1.29, 1.82) is 0 Å². The fourth-order valence-corrected chi connectivity index (χ4v) is 2.33. The number of likely N-dealkylation sites (N-methyl/N-ethyl adjacent to an activating group) is 1. The van der Waals surface area contributed by atoms with E-state index in [9.17, 15) is 0 Å². The zero-order chi connectivity index (χ0) is 13.8. The fraction of sp³-hybridized carbons (Fsp3) is 0.625. The first-order valence-electron chi connectivity index (χ1n) is 7.29. The predicted molar refractivity (Wildman–Crippen MR) is 82.8 cm³/mol. The van der Waals surface area contributed by atoms with E-state index in [-0.39, 0.29) is 0 Å². The number of benzene rings is 1. The van der Waals surface area contributed by atoms with Crippen LogP contribution in [0.4, 0.5) is 5.69 Å². The summed E-state index contributed by atoms with van der Waals surface area (Å²) in [5.41, 5.74) is 2.61. The molecule has 0 saturated heterocycles. The molecular formula is C16H27N3. The van der Waals surface area contributed by atoms with E-state index in [0.717, 1.165) is 19.1 Å². The number of anilines is 1. The summed E-state index contributed by atoms with van der Waals surface area (Å²) in [4.78, 5) is 4.60. The SMILES string of the molecule is CC(NCCN(C)C1CC1)c1ccc(N(C)C)cc1. The maximum absolute atomic E-state index is 3.61. The third kappa shape index (κ3) is 4.22. The Balaban J connectivity index is 1.76. The first-order valence-corrected chi connectivity index (χ1v) is 7.29. The van der Waals surface area contributed by atoms with Crippen LogP contribution in [-0.4, -0.2) is 45.2 Å². The molecule has 0 bridgehead atoms. The Labute approximate surface area is 117 Å². The zero-order valence-corrected chi connectivity index (χ0v) is 12.7. The van der Waals surface area contributed by atoms with Gasteiger partial charge in [-0.25, -0.2) is 0 Å². The van der Waals surface area contributed by atoms with Gasteiger partial charge in [0.1, 0.15) is 0 Å². The van der Waals surface area contributed by atoms with E-state index in [4.69, 9.17) is 0 Å². The molecule has 1 fully saturated rings. The van der Waals surface area contributed by atoms with Gasteiger partial charge in [0.25, 0.3) is 0 Å². The molecular weight excluding hydrogens is 234 g/mol. The molecule has 1 atom stereocenters. The summed E-state index contributed by atoms with van der Waals surface area (Å²) in [5, 5.41) is 3.61. The number of hydrogen-bond donors (Lipinski definition) is 1. The first kappa shape index (κ1) is 14.4. The molecule has 19 heavy (non-hydrogen) atoms. The first-order chi connectivity index (χ1) is 9.08. The lowest BCUT2D eigenvalue weighted by atomic mass is 10.1. The summed E-state index contributed by atoms with van der Waals surface area (Å²) in [5.74, 6) is 0. The standard InChI is InChI=1S/C16H27N3/c1-13(17-11-12-19(4)16-9-10-16)14-5-7-15(8-6-14)18(2)3/h5-8,13,16-17H,9-12H2,1-4H3. The number of nitrogens with one attached hydrogen (secondary N) is 1. The second-order valence-electron chi connectivity index (χ2n) is 5.87. The number of rotatable bonds is 7. The van der Waals surface area contributed by atoms with Gasteiger partial charge < -0.3 is 15.1 Å². The highest BCUT2D eigenvalue weighted by atomic mass is 15.2. The Morgan fingerprint density at radius 2 is 1.79 bits per heavy atom. The minimum Gasteiger partial charge on any atom is -0.378 e. The molecule has 3 nitrogen and oxygen atoms in total. The highest BCUT2D eigenvalue weighted by Crippen LogP contribution is 2.24. The van der Waals surface area contributed by atoms with Crippen LogP contribution in [0, 0.1) is 0 Å². The highest BCUT2D eigenvalue weighted by Gasteiger charge is 2.25. The minimum atomic E-state index is 0.420. The maximum Gasteiger partial charge on any atom is 0.0361 e. The van der Waals surface area contributed by atoms with Crippen molar-refractivity contribution in [2.24, 2.45) is 0 Å². The molecule has 0 aromatic heterocycles. The van der Waals surface area contributed by atoms with Crippen LogP contribution >= 0.6 is 0 Å². The molecule has 1 aromatic carbocycles. The van der Waals surface area contributed by atoms with E-state index >= 15 is 0 Å². The van der Waals surface area contributed by atoms with Crippen molar-refractivity contribution in [1.82, 2.24) is 10.2 Å². The third-order valence-corrected chi connectivity index (χ3v) is 3.99. The Morgan fingerprint density at radius 1 is 1.16 bits per heavy atom. The van der Waals surface area contributed by atoms with Gasteiger partial charge in [0.05, 0.1) is 0 Å². The Hall–Kier alpha value is -1.06. The largest absolute Gasteiger partial charge is 0.378 e. The predicted octanol–water partition coefficient (Wildman–Crippen LogP) is 2.50. The summed E-state index contributed by atoms with van der Waals surface area (Å²) in [6, 6.07) is 10.1. The van der Waals surface area contributed by atoms with E-state index in [1.54, 1.807) is 0 Å². The van der Waals surface area contributed by atoms with Crippen LogP contribution in [0.5, 0.6) is 0 Å². The molecule has 1 aliphatic carbocycles. The molecule has 1 aromatic rings. The molecule has 0 amide bonds. The minimum absolute atomic E-state index is 0.420. The second-order valence-corrected chi connectivity index (χ2v) is 5.87. The summed E-state index contributed by atoms with van der Waals surface area (Å²) in [6.07, 6.45) is 2.77. The Kier molecular flexibility index (Phi) is 4.83. The van der Waals surface area contributed by atoms with Gasteiger partial charge in [-0.05, 0) is 44.5 Å². The third-order valence-electron chi connectivity index (χ3n) is 3.99. The van der Waals surface area contributed by atoms with Crippen molar-refractivity contribution in [3.63, 3.8) is 0 Å². The topological polar surface area (TPSA) is 18.5 Å². The quantitative estimate of drug-likeness (QED) is 0.813. The molecule has 0 heterocycles. The van der Waals surface area contributed by atoms with Gasteiger partial charge in [-0.1, -0.05) is 12.1 Å². The van der Waals surface area contributed by atoms with Crippen LogP contribution in [0.25, 0.3) is 0 Å². The maximum atomic E-state index is 3.61. The summed E-state index contributed by atoms with van der Waals surface area (Å²) in [6.45, 7) is 4.44. The highest BCUT2D eigenvalue weighted by molar-refractivity contribution is 5.46. The normalized spacial score (nSPS) is 16.7. The Morgan fingerprint density at radius 3 is 2.32 bits per heavy atom. The van der Waals surface area contributed by atoms with Crippen molar-refractivity contribution in [2.45, 2.75) is 31.8 Å². The van der Waals surface area contributed by atoms with Crippen molar-refractivity contribution < 1.29 is 0 Å².